The van der Waals surface area contributed by atoms with E-state index in [9.17, 15) is 9.59 Å². The Hall–Kier alpha value is -1.89. The monoisotopic (exact) mass is 367 g/mol. The standard InChI is InChI=1S/C17H21N3O2S.ClH/c1-12(18-2)10-19-16(21)14-7-5-13(6-8-14)11-20-17(22)15-4-3-9-23-15;/h3-9,12,18H,10-11H2,1-2H3,(H,19,21)(H,20,22);1H. The van der Waals surface area contributed by atoms with Crippen molar-refractivity contribution in [1.82, 2.24) is 16.0 Å². The van der Waals surface area contributed by atoms with Gasteiger partial charge in [0.2, 0.25) is 0 Å². The second-order valence-corrected chi connectivity index (χ2v) is 6.20. The molecule has 24 heavy (non-hydrogen) atoms. The second-order valence-electron chi connectivity index (χ2n) is 5.26. The van der Waals surface area contributed by atoms with E-state index >= 15 is 0 Å². The van der Waals surface area contributed by atoms with Crippen molar-refractivity contribution in [2.75, 3.05) is 13.6 Å². The highest BCUT2D eigenvalue weighted by Crippen LogP contribution is 2.09. The Morgan fingerprint density at radius 2 is 1.79 bits per heavy atom. The van der Waals surface area contributed by atoms with E-state index in [1.165, 1.54) is 11.3 Å². The molecule has 1 aromatic heterocycles. The number of hydrogen-bond donors (Lipinski definition) is 3. The smallest absolute Gasteiger partial charge is 0.261 e. The van der Waals surface area contributed by atoms with Gasteiger partial charge in [0.25, 0.3) is 11.8 Å². The number of halogens is 1. The van der Waals surface area contributed by atoms with Crippen LogP contribution >= 0.6 is 23.7 Å². The molecule has 0 aliphatic carbocycles. The molecule has 1 atom stereocenters. The number of hydrogen-bond acceptors (Lipinski definition) is 4. The molecule has 1 aromatic carbocycles. The lowest BCUT2D eigenvalue weighted by Gasteiger charge is -2.11. The first-order valence-corrected chi connectivity index (χ1v) is 8.34. The minimum absolute atomic E-state index is 0. The molecule has 2 aromatic rings. The van der Waals surface area contributed by atoms with Crippen LogP contribution in [-0.2, 0) is 6.54 Å². The number of rotatable bonds is 7. The van der Waals surface area contributed by atoms with Crippen LogP contribution in [0.25, 0.3) is 0 Å². The van der Waals surface area contributed by atoms with E-state index in [1.54, 1.807) is 18.2 Å². The van der Waals surface area contributed by atoms with Crippen molar-refractivity contribution in [3.8, 4) is 0 Å². The number of nitrogens with one attached hydrogen (secondary N) is 3. The normalized spacial score (nSPS) is 11.2. The summed E-state index contributed by atoms with van der Waals surface area (Å²) in [7, 11) is 1.86. The van der Waals surface area contributed by atoms with Crippen molar-refractivity contribution in [3.05, 3.63) is 57.8 Å². The number of carbonyl (C=O) groups is 2. The van der Waals surface area contributed by atoms with Crippen LogP contribution in [0.5, 0.6) is 0 Å². The van der Waals surface area contributed by atoms with Crippen molar-refractivity contribution in [1.29, 1.82) is 0 Å². The summed E-state index contributed by atoms with van der Waals surface area (Å²) in [5.41, 5.74) is 1.57. The summed E-state index contributed by atoms with van der Waals surface area (Å²) in [5, 5.41) is 10.7. The molecular weight excluding hydrogens is 346 g/mol. The molecule has 0 radical (unpaired) electrons. The van der Waals surface area contributed by atoms with Crippen LogP contribution in [0.3, 0.4) is 0 Å². The lowest BCUT2D eigenvalue weighted by Crippen LogP contribution is -2.37. The molecule has 0 aliphatic heterocycles. The van der Waals surface area contributed by atoms with E-state index in [1.807, 2.05) is 37.6 Å². The van der Waals surface area contributed by atoms with Crippen LogP contribution in [-0.4, -0.2) is 31.4 Å². The van der Waals surface area contributed by atoms with Crippen molar-refractivity contribution < 1.29 is 9.59 Å². The Labute approximate surface area is 152 Å². The number of thiophene rings is 1. The van der Waals surface area contributed by atoms with Gasteiger partial charge in [-0.15, -0.1) is 23.7 Å². The molecule has 2 amide bonds. The van der Waals surface area contributed by atoms with Crippen LogP contribution in [0.4, 0.5) is 0 Å². The minimum atomic E-state index is -0.0960. The maximum absolute atomic E-state index is 12.0. The van der Waals surface area contributed by atoms with Gasteiger partial charge in [-0.2, -0.15) is 0 Å². The summed E-state index contributed by atoms with van der Waals surface area (Å²) < 4.78 is 0. The first-order valence-electron chi connectivity index (χ1n) is 7.46. The molecule has 2 rings (SSSR count). The highest BCUT2D eigenvalue weighted by Gasteiger charge is 2.08. The topological polar surface area (TPSA) is 70.2 Å². The zero-order valence-electron chi connectivity index (χ0n) is 13.7. The van der Waals surface area contributed by atoms with Crippen molar-refractivity contribution in [3.63, 3.8) is 0 Å². The molecule has 0 spiro atoms. The molecule has 130 valence electrons. The predicted molar refractivity (Wildman–Crippen MR) is 100 cm³/mol. The van der Waals surface area contributed by atoms with Gasteiger partial charge in [-0.05, 0) is 43.1 Å². The van der Waals surface area contributed by atoms with Crippen LogP contribution in [0.15, 0.2) is 41.8 Å². The lowest BCUT2D eigenvalue weighted by molar-refractivity contribution is 0.0943. The Balaban J connectivity index is 0.00000288. The fourth-order valence-electron chi connectivity index (χ4n) is 1.90. The SMILES string of the molecule is CNC(C)CNC(=O)c1ccc(CNC(=O)c2cccs2)cc1.Cl. The van der Waals surface area contributed by atoms with Gasteiger partial charge in [-0.1, -0.05) is 18.2 Å². The van der Waals surface area contributed by atoms with Crippen LogP contribution in [0, 0.1) is 0 Å². The van der Waals surface area contributed by atoms with Crippen molar-refractivity contribution >= 4 is 35.6 Å². The van der Waals surface area contributed by atoms with E-state index in [0.29, 0.717) is 23.5 Å². The zero-order valence-corrected chi connectivity index (χ0v) is 15.3. The molecule has 5 nitrogen and oxygen atoms in total. The summed E-state index contributed by atoms with van der Waals surface area (Å²) in [6.07, 6.45) is 0. The van der Waals surface area contributed by atoms with E-state index in [4.69, 9.17) is 0 Å². The zero-order chi connectivity index (χ0) is 16.7. The van der Waals surface area contributed by atoms with Crippen LogP contribution < -0.4 is 16.0 Å². The molecule has 0 saturated carbocycles. The quantitative estimate of drug-likeness (QED) is 0.704. The average molecular weight is 368 g/mol. The highest BCUT2D eigenvalue weighted by molar-refractivity contribution is 7.12. The number of likely N-dealkylation sites (N-methyl/N-ethyl adjacent to an activating group) is 1. The van der Waals surface area contributed by atoms with E-state index in [0.717, 1.165) is 5.56 Å². The molecule has 0 aliphatic rings. The molecule has 0 bridgehead atoms. The molecule has 7 heteroatoms. The van der Waals surface area contributed by atoms with Gasteiger partial charge in [0.15, 0.2) is 0 Å². The van der Waals surface area contributed by atoms with E-state index in [-0.39, 0.29) is 30.3 Å². The Morgan fingerprint density at radius 1 is 1.08 bits per heavy atom. The number of carbonyl (C=O) groups excluding carboxylic acids is 2. The summed E-state index contributed by atoms with van der Waals surface area (Å²) in [6, 6.07) is 11.1. The van der Waals surface area contributed by atoms with Crippen molar-refractivity contribution in [2.24, 2.45) is 0 Å². The first-order chi connectivity index (χ1) is 11.1. The second kappa shape index (κ2) is 10.1. The Bertz CT molecular complexity index is 644. The maximum atomic E-state index is 12.0. The summed E-state index contributed by atoms with van der Waals surface area (Å²) in [4.78, 5) is 24.5. The maximum Gasteiger partial charge on any atom is 0.261 e. The summed E-state index contributed by atoms with van der Waals surface area (Å²) in [5.74, 6) is -0.177. The molecule has 3 N–H and O–H groups in total. The van der Waals surface area contributed by atoms with Gasteiger partial charge in [-0.3, -0.25) is 9.59 Å². The highest BCUT2D eigenvalue weighted by atomic mass is 35.5. The Morgan fingerprint density at radius 3 is 2.38 bits per heavy atom. The van der Waals surface area contributed by atoms with Gasteiger partial charge in [-0.25, -0.2) is 0 Å². The van der Waals surface area contributed by atoms with Crippen LogP contribution in [0.2, 0.25) is 0 Å². The van der Waals surface area contributed by atoms with Gasteiger partial charge >= 0.3 is 0 Å². The molecule has 0 fully saturated rings. The number of benzene rings is 1. The third kappa shape index (κ3) is 5.96. The predicted octanol–water partition coefficient (Wildman–Crippen LogP) is 2.44. The lowest BCUT2D eigenvalue weighted by atomic mass is 10.1. The first kappa shape index (κ1) is 20.2. The average Bonchev–Trinajstić information content (AvgIpc) is 3.12. The van der Waals surface area contributed by atoms with Crippen LogP contribution in [0.1, 0.15) is 32.5 Å². The third-order valence-electron chi connectivity index (χ3n) is 3.48. The minimum Gasteiger partial charge on any atom is -0.350 e. The number of amides is 2. The largest absolute Gasteiger partial charge is 0.350 e. The summed E-state index contributed by atoms with van der Waals surface area (Å²) in [6.45, 7) is 3.02. The van der Waals surface area contributed by atoms with Gasteiger partial charge in [0.1, 0.15) is 0 Å². The molecular formula is C17H22ClN3O2S. The van der Waals surface area contributed by atoms with E-state index < -0.39 is 0 Å². The third-order valence-corrected chi connectivity index (χ3v) is 4.34. The summed E-state index contributed by atoms with van der Waals surface area (Å²) >= 11 is 1.41. The molecule has 1 heterocycles. The van der Waals surface area contributed by atoms with Crippen molar-refractivity contribution in [2.45, 2.75) is 19.5 Å². The Kier molecular flexibility index (Phi) is 8.46. The molecule has 1 unspecified atom stereocenters. The van der Waals surface area contributed by atoms with E-state index in [2.05, 4.69) is 16.0 Å². The fraction of sp³-hybridized carbons (Fsp3) is 0.294. The van der Waals surface area contributed by atoms with Gasteiger partial charge in [0, 0.05) is 24.7 Å². The fourth-order valence-corrected chi connectivity index (χ4v) is 2.54. The van der Waals surface area contributed by atoms with Gasteiger partial charge in [0.05, 0.1) is 4.88 Å². The van der Waals surface area contributed by atoms with Gasteiger partial charge < -0.3 is 16.0 Å². The molecule has 0 saturated heterocycles.